The lowest BCUT2D eigenvalue weighted by Gasteiger charge is -2.33. The molecule has 0 atom stereocenters. The van der Waals surface area contributed by atoms with Crippen LogP contribution in [0.2, 0.25) is 0 Å². The van der Waals surface area contributed by atoms with Crippen molar-refractivity contribution >= 4 is 59.6 Å². The second kappa shape index (κ2) is 8.44. The van der Waals surface area contributed by atoms with Crippen LogP contribution in [0.15, 0.2) is 43.2 Å². The molecule has 0 saturated heterocycles. The van der Waals surface area contributed by atoms with E-state index in [9.17, 15) is 4.39 Å². The molecule has 1 N–H and O–H groups in total. The standard InChI is InChI=1S/C12H14BrClFIN2O2Si/c13-4-9-10(21-7-15)12(18(6-14)17-11(9)16)20-5-8-2-1-3-19-8/h1-3,17H,4-7,21H2. The van der Waals surface area contributed by atoms with Gasteiger partial charge in [0.15, 0.2) is 0 Å². The van der Waals surface area contributed by atoms with E-state index in [1.807, 2.05) is 6.07 Å². The summed E-state index contributed by atoms with van der Waals surface area (Å²) in [6.45, 7) is 0.285. The smallest absolute Gasteiger partial charge is 0.208 e. The molecule has 1 aliphatic heterocycles. The molecule has 21 heavy (non-hydrogen) atoms. The number of nitrogens with one attached hydrogen (secondary N) is 1. The number of hydrogen-bond donors (Lipinski definition) is 1. The van der Waals surface area contributed by atoms with Crippen molar-refractivity contribution < 1.29 is 13.5 Å². The topological polar surface area (TPSA) is 37.6 Å². The molecule has 1 aromatic heterocycles. The van der Waals surface area contributed by atoms with Gasteiger partial charge in [-0.15, -0.1) is 11.6 Å². The van der Waals surface area contributed by atoms with Crippen molar-refractivity contribution in [3.05, 3.63) is 44.5 Å². The normalized spacial score (nSPS) is 16.1. The average Bonchev–Trinajstić information content (AvgIpc) is 2.99. The van der Waals surface area contributed by atoms with Crippen molar-refractivity contribution in [2.24, 2.45) is 0 Å². The number of furan rings is 1. The fraction of sp³-hybridized carbons (Fsp3) is 0.333. The average molecular weight is 508 g/mol. The quantitative estimate of drug-likeness (QED) is 0.267. The first-order valence-corrected chi connectivity index (χ1v) is 10.6. The molecule has 0 unspecified atom stereocenters. The van der Waals surface area contributed by atoms with Crippen LogP contribution in [0, 0.1) is 0 Å². The molecule has 0 aromatic carbocycles. The number of nitrogens with zero attached hydrogens (tertiary/aromatic N) is 1. The van der Waals surface area contributed by atoms with Gasteiger partial charge in [0.25, 0.3) is 0 Å². The van der Waals surface area contributed by atoms with Gasteiger partial charge in [-0.1, -0.05) is 15.9 Å². The van der Waals surface area contributed by atoms with E-state index in [1.165, 1.54) is 0 Å². The number of alkyl halides is 3. The minimum Gasteiger partial charge on any atom is -0.470 e. The monoisotopic (exact) mass is 506 g/mol. The molecule has 116 valence electrons. The molecule has 0 amide bonds. The van der Waals surface area contributed by atoms with Gasteiger partial charge in [-0.05, 0) is 40.3 Å². The van der Waals surface area contributed by atoms with Crippen molar-refractivity contribution in [3.8, 4) is 0 Å². The second-order valence-corrected chi connectivity index (χ2v) is 7.64. The first kappa shape index (κ1) is 17.2. The largest absolute Gasteiger partial charge is 0.470 e. The molecule has 4 nitrogen and oxygen atoms in total. The second-order valence-electron chi connectivity index (χ2n) is 4.18. The summed E-state index contributed by atoms with van der Waals surface area (Å²) in [6, 6.07) is 3.84. The van der Waals surface area contributed by atoms with Gasteiger partial charge in [-0.3, -0.25) is 9.82 Å². The Morgan fingerprint density at radius 2 is 2.38 bits per heavy atom. The van der Waals surface area contributed by atoms with Crippen LogP contribution in [0.5, 0.6) is 0 Å². The Balaban J connectivity index is 2.29. The minimum atomic E-state index is -1.07. The van der Waals surface area contributed by atoms with Crippen molar-refractivity contribution in [3.63, 3.8) is 0 Å². The Hall–Kier alpha value is -0.193. The fourth-order valence-corrected chi connectivity index (χ4v) is 6.08. The summed E-state index contributed by atoms with van der Waals surface area (Å²) in [7, 11) is -1.07. The van der Waals surface area contributed by atoms with Crippen molar-refractivity contribution in [1.29, 1.82) is 0 Å². The summed E-state index contributed by atoms with van der Waals surface area (Å²) >= 11 is 11.6. The molecule has 0 spiro atoms. The molecule has 1 aliphatic rings. The van der Waals surface area contributed by atoms with Gasteiger partial charge in [0.2, 0.25) is 5.88 Å². The maximum Gasteiger partial charge on any atom is 0.208 e. The minimum absolute atomic E-state index is 0.208. The zero-order valence-electron chi connectivity index (χ0n) is 11.0. The zero-order chi connectivity index (χ0) is 15.2. The molecule has 0 fully saturated rings. The fourth-order valence-electron chi connectivity index (χ4n) is 1.94. The van der Waals surface area contributed by atoms with Crippen molar-refractivity contribution in [1.82, 2.24) is 10.4 Å². The zero-order valence-corrected chi connectivity index (χ0v) is 17.0. The van der Waals surface area contributed by atoms with E-state index in [-0.39, 0.29) is 18.9 Å². The first-order chi connectivity index (χ1) is 10.2. The van der Waals surface area contributed by atoms with E-state index in [1.54, 1.807) is 17.3 Å². The summed E-state index contributed by atoms with van der Waals surface area (Å²) in [4.78, 5) is 0. The SMILES string of the molecule is FC[SiH2]C1=C(OCc2ccco2)N(CCl)NC(I)=C1CBr. The summed E-state index contributed by atoms with van der Waals surface area (Å²) in [6.07, 6.45) is 1.27. The number of hydrazine groups is 1. The Labute approximate surface area is 151 Å². The van der Waals surface area contributed by atoms with E-state index in [2.05, 4.69) is 43.9 Å². The van der Waals surface area contributed by atoms with Crippen LogP contribution < -0.4 is 5.43 Å². The summed E-state index contributed by atoms with van der Waals surface area (Å²) in [5.41, 5.74) is 4.20. The molecule has 2 heterocycles. The van der Waals surface area contributed by atoms with Gasteiger partial charge in [-0.2, -0.15) is 0 Å². The molecule has 0 aliphatic carbocycles. The molecule has 1 aromatic rings. The maximum atomic E-state index is 13.0. The number of halogens is 4. The highest BCUT2D eigenvalue weighted by Gasteiger charge is 2.26. The van der Waals surface area contributed by atoms with Gasteiger partial charge in [0, 0.05) is 10.5 Å². The maximum absolute atomic E-state index is 13.0. The lowest BCUT2D eigenvalue weighted by molar-refractivity contribution is 0.0795. The Bertz CT molecular complexity index is 541. The summed E-state index contributed by atoms with van der Waals surface area (Å²) < 4.78 is 25.0. The predicted octanol–water partition coefficient (Wildman–Crippen LogP) is 3.12. The van der Waals surface area contributed by atoms with Gasteiger partial charge in [0.1, 0.15) is 18.4 Å². The molecule has 9 heteroatoms. The van der Waals surface area contributed by atoms with Gasteiger partial charge in [0.05, 0.1) is 25.8 Å². The van der Waals surface area contributed by atoms with Crippen LogP contribution in [-0.2, 0) is 11.3 Å². The van der Waals surface area contributed by atoms with Gasteiger partial charge in [-0.25, -0.2) is 5.01 Å². The molecule has 0 saturated carbocycles. The van der Waals surface area contributed by atoms with Crippen LogP contribution in [0.25, 0.3) is 0 Å². The van der Waals surface area contributed by atoms with Crippen LogP contribution in [0.4, 0.5) is 4.39 Å². The van der Waals surface area contributed by atoms with E-state index in [0.29, 0.717) is 17.0 Å². The Kier molecular flexibility index (Phi) is 6.90. The third kappa shape index (κ3) is 4.17. The molecular weight excluding hydrogens is 493 g/mol. The van der Waals surface area contributed by atoms with Gasteiger partial charge < -0.3 is 9.15 Å². The molecule has 2 rings (SSSR count). The van der Waals surface area contributed by atoms with Crippen LogP contribution >= 0.6 is 50.1 Å². The van der Waals surface area contributed by atoms with Crippen molar-refractivity contribution in [2.75, 3.05) is 17.6 Å². The van der Waals surface area contributed by atoms with Gasteiger partial charge >= 0.3 is 0 Å². The first-order valence-electron chi connectivity index (χ1n) is 6.20. The molecule has 0 bridgehead atoms. The highest BCUT2D eigenvalue weighted by Crippen LogP contribution is 2.30. The summed E-state index contributed by atoms with van der Waals surface area (Å²) in [5, 5.41) is 3.28. The van der Waals surface area contributed by atoms with Crippen LogP contribution in [0.1, 0.15) is 5.76 Å². The number of hydrogen-bond acceptors (Lipinski definition) is 4. The van der Waals surface area contributed by atoms with Crippen molar-refractivity contribution in [2.45, 2.75) is 6.61 Å². The predicted molar refractivity (Wildman–Crippen MR) is 95.6 cm³/mol. The number of ether oxygens (including phenoxy) is 1. The lowest BCUT2D eigenvalue weighted by atomic mass is 10.3. The van der Waals surface area contributed by atoms with E-state index >= 15 is 0 Å². The molecular formula is C12H14BrClFIN2O2Si. The van der Waals surface area contributed by atoms with E-state index in [0.717, 1.165) is 14.5 Å². The summed E-state index contributed by atoms with van der Waals surface area (Å²) in [5.74, 6) is 1.31. The van der Waals surface area contributed by atoms with E-state index in [4.69, 9.17) is 20.8 Å². The van der Waals surface area contributed by atoms with Crippen LogP contribution in [-0.4, -0.2) is 32.2 Å². The third-order valence-electron chi connectivity index (χ3n) is 2.89. The molecule has 0 radical (unpaired) electrons. The Morgan fingerprint density at radius 3 is 2.95 bits per heavy atom. The lowest BCUT2D eigenvalue weighted by Crippen LogP contribution is -2.41. The highest BCUT2D eigenvalue weighted by atomic mass is 127. The van der Waals surface area contributed by atoms with E-state index < -0.39 is 9.52 Å². The third-order valence-corrected chi connectivity index (χ3v) is 6.00. The number of allylic oxidation sites excluding steroid dienone is 2. The number of rotatable bonds is 7. The highest BCUT2D eigenvalue weighted by molar-refractivity contribution is 14.1. The Morgan fingerprint density at radius 1 is 1.57 bits per heavy atom. The van der Waals surface area contributed by atoms with Crippen LogP contribution in [0.3, 0.4) is 0 Å².